The molecule has 0 heterocycles. The summed E-state index contributed by atoms with van der Waals surface area (Å²) < 4.78 is 0. The molecule has 0 aliphatic heterocycles. The molecule has 4 unspecified atom stereocenters. The Kier molecular flexibility index (Phi) is 2.76. The van der Waals surface area contributed by atoms with Crippen LogP contribution in [-0.2, 0) is 0 Å². The Labute approximate surface area is 116 Å². The van der Waals surface area contributed by atoms with Crippen LogP contribution >= 0.6 is 0 Å². The molecule has 1 aromatic carbocycles. The monoisotopic (exact) mass is 254 g/mol. The van der Waals surface area contributed by atoms with Crippen LogP contribution in [0.5, 0.6) is 0 Å². The van der Waals surface area contributed by atoms with Gasteiger partial charge in [-0.2, -0.15) is 0 Å². The summed E-state index contributed by atoms with van der Waals surface area (Å²) in [4.78, 5) is 0. The third kappa shape index (κ3) is 1.90. The summed E-state index contributed by atoms with van der Waals surface area (Å²) in [5.41, 5.74) is 0.575. The molecule has 2 aliphatic carbocycles. The normalized spacial score (nSPS) is 38.8. The van der Waals surface area contributed by atoms with Gasteiger partial charge < -0.3 is 5.11 Å². The van der Waals surface area contributed by atoms with Crippen molar-refractivity contribution in [3.8, 4) is 11.8 Å². The Morgan fingerprint density at radius 3 is 2.47 bits per heavy atom. The van der Waals surface area contributed by atoms with Crippen molar-refractivity contribution in [1.29, 1.82) is 0 Å². The lowest BCUT2D eigenvalue weighted by atomic mass is 9.65. The van der Waals surface area contributed by atoms with Gasteiger partial charge in [0.1, 0.15) is 5.60 Å². The molecule has 2 saturated carbocycles. The van der Waals surface area contributed by atoms with E-state index < -0.39 is 5.60 Å². The molecule has 19 heavy (non-hydrogen) atoms. The minimum atomic E-state index is -0.768. The summed E-state index contributed by atoms with van der Waals surface area (Å²) in [5.74, 6) is 7.83. The molecule has 1 heteroatoms. The van der Waals surface area contributed by atoms with Gasteiger partial charge in [-0.25, -0.2) is 0 Å². The molecule has 0 aromatic heterocycles. The third-order valence-electron chi connectivity index (χ3n) is 5.74. The van der Waals surface area contributed by atoms with Crippen LogP contribution in [0.25, 0.3) is 0 Å². The van der Waals surface area contributed by atoms with Crippen molar-refractivity contribution in [2.24, 2.45) is 23.2 Å². The fourth-order valence-corrected chi connectivity index (χ4v) is 4.03. The van der Waals surface area contributed by atoms with E-state index in [1.165, 1.54) is 0 Å². The zero-order chi connectivity index (χ0) is 13.7. The maximum atomic E-state index is 10.9. The number of fused-ring (bicyclic) bond motifs is 2. The van der Waals surface area contributed by atoms with Crippen molar-refractivity contribution in [1.82, 2.24) is 0 Å². The second-order valence-electron chi connectivity index (χ2n) is 6.89. The molecule has 100 valence electrons. The zero-order valence-electron chi connectivity index (χ0n) is 12.0. The van der Waals surface area contributed by atoms with Gasteiger partial charge in [0.25, 0.3) is 0 Å². The summed E-state index contributed by atoms with van der Waals surface area (Å²) in [7, 11) is 0. The van der Waals surface area contributed by atoms with Gasteiger partial charge in [-0.1, -0.05) is 50.8 Å². The molecule has 0 radical (unpaired) electrons. The Hall–Kier alpha value is -1.26. The number of hydrogen-bond acceptors (Lipinski definition) is 1. The number of benzene rings is 1. The van der Waals surface area contributed by atoms with Gasteiger partial charge in [0.05, 0.1) is 0 Å². The van der Waals surface area contributed by atoms with Crippen LogP contribution in [0.15, 0.2) is 30.3 Å². The van der Waals surface area contributed by atoms with Crippen molar-refractivity contribution in [2.75, 3.05) is 0 Å². The van der Waals surface area contributed by atoms with Crippen molar-refractivity contribution >= 4 is 0 Å². The summed E-state index contributed by atoms with van der Waals surface area (Å²) >= 11 is 0. The second-order valence-corrected chi connectivity index (χ2v) is 6.89. The first-order valence-corrected chi connectivity index (χ1v) is 7.24. The van der Waals surface area contributed by atoms with E-state index in [4.69, 9.17) is 0 Å². The van der Waals surface area contributed by atoms with Gasteiger partial charge in [0, 0.05) is 11.5 Å². The summed E-state index contributed by atoms with van der Waals surface area (Å²) in [6.07, 6.45) is 1.98. The van der Waals surface area contributed by atoms with E-state index in [0.29, 0.717) is 23.2 Å². The molecule has 0 spiro atoms. The highest BCUT2D eigenvalue weighted by atomic mass is 16.3. The standard InChI is InChI=1S/C18H22O/c1-13-16-11-15(17(13,2)3)12-18(16,19)10-9-14-7-5-4-6-8-14/h4-8,13,15-16,19H,11-12H2,1-3H3. The molecule has 0 saturated heterocycles. The fourth-order valence-electron chi connectivity index (χ4n) is 4.03. The van der Waals surface area contributed by atoms with E-state index in [9.17, 15) is 5.11 Å². The van der Waals surface area contributed by atoms with E-state index >= 15 is 0 Å². The predicted octanol–water partition coefficient (Wildman–Crippen LogP) is 3.47. The van der Waals surface area contributed by atoms with E-state index in [-0.39, 0.29) is 0 Å². The summed E-state index contributed by atoms with van der Waals surface area (Å²) in [6, 6.07) is 9.96. The molecule has 0 amide bonds. The highest BCUT2D eigenvalue weighted by Gasteiger charge is 2.60. The molecular weight excluding hydrogens is 232 g/mol. The highest BCUT2D eigenvalue weighted by Crippen LogP contribution is 2.62. The van der Waals surface area contributed by atoms with Gasteiger partial charge in [0.15, 0.2) is 0 Å². The van der Waals surface area contributed by atoms with Crippen LogP contribution in [0.2, 0.25) is 0 Å². The SMILES string of the molecule is CC1C2CC(CC2(O)C#Cc2ccccc2)C1(C)C. The molecule has 3 rings (SSSR count). The van der Waals surface area contributed by atoms with Crippen LogP contribution < -0.4 is 0 Å². The molecule has 2 bridgehead atoms. The molecule has 1 nitrogen and oxygen atoms in total. The van der Waals surface area contributed by atoms with E-state index in [1.54, 1.807) is 0 Å². The van der Waals surface area contributed by atoms with Gasteiger partial charge in [-0.15, -0.1) is 0 Å². The molecule has 1 aromatic rings. The van der Waals surface area contributed by atoms with E-state index in [1.807, 2.05) is 30.3 Å². The fraction of sp³-hybridized carbons (Fsp3) is 0.556. The highest BCUT2D eigenvalue weighted by molar-refractivity contribution is 5.37. The van der Waals surface area contributed by atoms with E-state index in [2.05, 4.69) is 32.6 Å². The maximum absolute atomic E-state index is 10.9. The zero-order valence-corrected chi connectivity index (χ0v) is 12.0. The largest absolute Gasteiger partial charge is 0.377 e. The van der Waals surface area contributed by atoms with Crippen molar-refractivity contribution < 1.29 is 5.11 Å². The lowest BCUT2D eigenvalue weighted by molar-refractivity contribution is -0.0250. The summed E-state index contributed by atoms with van der Waals surface area (Å²) in [5, 5.41) is 10.9. The maximum Gasteiger partial charge on any atom is 0.129 e. The molecule has 2 fully saturated rings. The average molecular weight is 254 g/mol. The number of rotatable bonds is 0. The third-order valence-corrected chi connectivity index (χ3v) is 5.74. The quantitative estimate of drug-likeness (QED) is 0.703. The average Bonchev–Trinajstić information content (AvgIpc) is 2.85. The minimum Gasteiger partial charge on any atom is -0.377 e. The first kappa shape index (κ1) is 12.8. The topological polar surface area (TPSA) is 20.2 Å². The van der Waals surface area contributed by atoms with Crippen LogP contribution in [0.1, 0.15) is 39.2 Å². The van der Waals surface area contributed by atoms with Gasteiger partial charge in [-0.3, -0.25) is 0 Å². The van der Waals surface area contributed by atoms with Crippen LogP contribution in [0.3, 0.4) is 0 Å². The number of aliphatic hydroxyl groups is 1. The first-order chi connectivity index (χ1) is 8.93. The van der Waals surface area contributed by atoms with Crippen LogP contribution in [-0.4, -0.2) is 10.7 Å². The van der Waals surface area contributed by atoms with E-state index in [0.717, 1.165) is 18.4 Å². The Bertz CT molecular complexity index is 530. The Morgan fingerprint density at radius 1 is 1.21 bits per heavy atom. The van der Waals surface area contributed by atoms with Crippen LogP contribution in [0.4, 0.5) is 0 Å². The Balaban J connectivity index is 1.86. The lowest BCUT2D eigenvalue weighted by Gasteiger charge is -2.42. The lowest BCUT2D eigenvalue weighted by Crippen LogP contribution is -2.44. The second kappa shape index (κ2) is 4.12. The van der Waals surface area contributed by atoms with Crippen molar-refractivity contribution in [3.05, 3.63) is 35.9 Å². The molecular formula is C18H22O. The van der Waals surface area contributed by atoms with Crippen molar-refractivity contribution in [3.63, 3.8) is 0 Å². The van der Waals surface area contributed by atoms with Gasteiger partial charge in [-0.05, 0) is 42.2 Å². The molecule has 1 N–H and O–H groups in total. The Morgan fingerprint density at radius 2 is 1.89 bits per heavy atom. The predicted molar refractivity (Wildman–Crippen MR) is 77.4 cm³/mol. The first-order valence-electron chi connectivity index (χ1n) is 7.24. The van der Waals surface area contributed by atoms with Gasteiger partial charge in [0.2, 0.25) is 0 Å². The van der Waals surface area contributed by atoms with Gasteiger partial charge >= 0.3 is 0 Å². The van der Waals surface area contributed by atoms with Crippen LogP contribution in [0, 0.1) is 35.0 Å². The molecule has 2 aliphatic rings. The molecule has 4 atom stereocenters. The van der Waals surface area contributed by atoms with Crippen molar-refractivity contribution in [2.45, 2.75) is 39.2 Å². The number of hydrogen-bond donors (Lipinski definition) is 1. The summed E-state index contributed by atoms with van der Waals surface area (Å²) in [6.45, 7) is 6.96. The smallest absolute Gasteiger partial charge is 0.129 e. The minimum absolute atomic E-state index is 0.337.